The second-order valence-corrected chi connectivity index (χ2v) is 8.93. The fraction of sp³-hybridized carbons (Fsp3) is 0.0800. The van der Waals surface area contributed by atoms with Gasteiger partial charge in [0.15, 0.2) is 0 Å². The third-order valence-corrected chi connectivity index (χ3v) is 6.61. The van der Waals surface area contributed by atoms with Crippen molar-refractivity contribution in [3.8, 4) is 10.6 Å². The van der Waals surface area contributed by atoms with Crippen LogP contribution >= 0.6 is 23.1 Å². The molecule has 154 valence electrons. The number of fused-ring (bicyclic) bond motifs is 1. The predicted molar refractivity (Wildman–Crippen MR) is 133 cm³/mol. The van der Waals surface area contributed by atoms with Gasteiger partial charge in [-0.15, -0.1) is 11.3 Å². The van der Waals surface area contributed by atoms with Crippen LogP contribution in [-0.4, -0.2) is 15.9 Å². The Bertz CT molecular complexity index is 1230. The standard InChI is InChI=1S/C25H21N3OS2/c1-3-8-22(30-17(2)18-9-5-4-6-10-18)24(29)27-20-12-7-11-19(15-20)25-28-21-13-14-26-16-23(21)31-25/h4-16H,2-3H2,1H3,(H,27,29)/b22-8-. The maximum absolute atomic E-state index is 13.0. The van der Waals surface area contributed by atoms with Crippen LogP contribution in [0.1, 0.15) is 18.9 Å². The molecule has 0 aliphatic heterocycles. The van der Waals surface area contributed by atoms with Crippen molar-refractivity contribution in [1.29, 1.82) is 0 Å². The van der Waals surface area contributed by atoms with E-state index in [1.54, 1.807) is 17.5 Å². The molecule has 4 nitrogen and oxygen atoms in total. The topological polar surface area (TPSA) is 54.9 Å². The van der Waals surface area contributed by atoms with Crippen molar-refractivity contribution in [2.75, 3.05) is 5.32 Å². The fourth-order valence-electron chi connectivity index (χ4n) is 3.01. The monoisotopic (exact) mass is 443 g/mol. The molecule has 0 bridgehead atoms. The number of aromatic nitrogens is 2. The van der Waals surface area contributed by atoms with Crippen LogP contribution in [0.25, 0.3) is 25.7 Å². The first kappa shape index (κ1) is 21.0. The molecule has 0 saturated carbocycles. The summed E-state index contributed by atoms with van der Waals surface area (Å²) in [6, 6.07) is 19.5. The van der Waals surface area contributed by atoms with Gasteiger partial charge < -0.3 is 5.32 Å². The third kappa shape index (κ3) is 5.10. The Hall–Kier alpha value is -3.22. The smallest absolute Gasteiger partial charge is 0.262 e. The molecule has 31 heavy (non-hydrogen) atoms. The molecule has 2 aromatic heterocycles. The number of nitrogens with zero attached hydrogens (tertiary/aromatic N) is 2. The highest BCUT2D eigenvalue weighted by molar-refractivity contribution is 8.12. The number of carbonyl (C=O) groups is 1. The molecule has 2 aromatic carbocycles. The van der Waals surface area contributed by atoms with Crippen molar-refractivity contribution in [2.24, 2.45) is 0 Å². The molecule has 4 aromatic rings. The zero-order valence-corrected chi connectivity index (χ0v) is 18.7. The Balaban J connectivity index is 1.52. The van der Waals surface area contributed by atoms with E-state index in [9.17, 15) is 4.79 Å². The van der Waals surface area contributed by atoms with Crippen molar-refractivity contribution < 1.29 is 4.79 Å². The van der Waals surface area contributed by atoms with Crippen molar-refractivity contribution in [1.82, 2.24) is 9.97 Å². The maximum Gasteiger partial charge on any atom is 0.262 e. The van der Waals surface area contributed by atoms with Crippen LogP contribution in [0.3, 0.4) is 0 Å². The quantitative estimate of drug-likeness (QED) is 0.313. The number of benzene rings is 2. The number of anilines is 1. The second-order valence-electron chi connectivity index (χ2n) is 6.77. The number of allylic oxidation sites excluding steroid dienone is 1. The average molecular weight is 444 g/mol. The van der Waals surface area contributed by atoms with E-state index >= 15 is 0 Å². The normalized spacial score (nSPS) is 11.5. The predicted octanol–water partition coefficient (Wildman–Crippen LogP) is 6.99. The van der Waals surface area contributed by atoms with Crippen molar-refractivity contribution >= 4 is 49.8 Å². The zero-order valence-electron chi connectivity index (χ0n) is 17.0. The number of rotatable bonds is 7. The van der Waals surface area contributed by atoms with E-state index < -0.39 is 0 Å². The molecule has 0 aliphatic rings. The summed E-state index contributed by atoms with van der Waals surface area (Å²) in [5, 5.41) is 3.92. The maximum atomic E-state index is 13.0. The van der Waals surface area contributed by atoms with E-state index in [0.29, 0.717) is 4.91 Å². The van der Waals surface area contributed by atoms with Crippen LogP contribution in [0.5, 0.6) is 0 Å². The Morgan fingerprint density at radius 1 is 1.16 bits per heavy atom. The molecule has 6 heteroatoms. The minimum Gasteiger partial charge on any atom is -0.322 e. The summed E-state index contributed by atoms with van der Waals surface area (Å²) in [6.45, 7) is 6.16. The number of hydrogen-bond donors (Lipinski definition) is 1. The highest BCUT2D eigenvalue weighted by atomic mass is 32.2. The lowest BCUT2D eigenvalue weighted by atomic mass is 10.2. The van der Waals surface area contributed by atoms with Crippen LogP contribution in [0.2, 0.25) is 0 Å². The first-order valence-corrected chi connectivity index (χ1v) is 11.5. The summed E-state index contributed by atoms with van der Waals surface area (Å²) >= 11 is 2.98. The summed E-state index contributed by atoms with van der Waals surface area (Å²) in [5.41, 5.74) is 3.62. The number of nitrogens with one attached hydrogen (secondary N) is 1. The van der Waals surface area contributed by atoms with Crippen LogP contribution < -0.4 is 5.32 Å². The molecule has 0 spiro atoms. The SMILES string of the molecule is C=C(S/C(=C\CC)C(=O)Nc1cccc(-c2nc3ccncc3s2)c1)c1ccccc1. The number of amides is 1. The molecule has 0 radical (unpaired) electrons. The Kier molecular flexibility index (Phi) is 6.60. The molecule has 1 N–H and O–H groups in total. The minimum absolute atomic E-state index is 0.144. The van der Waals surface area contributed by atoms with Crippen LogP contribution in [0.15, 0.2) is 90.6 Å². The Morgan fingerprint density at radius 2 is 2.00 bits per heavy atom. The van der Waals surface area contributed by atoms with Crippen LogP contribution in [-0.2, 0) is 4.79 Å². The van der Waals surface area contributed by atoms with E-state index in [4.69, 9.17) is 0 Å². The van der Waals surface area contributed by atoms with Crippen LogP contribution in [0, 0.1) is 0 Å². The average Bonchev–Trinajstić information content (AvgIpc) is 3.24. The first-order chi connectivity index (χ1) is 15.1. The summed E-state index contributed by atoms with van der Waals surface area (Å²) < 4.78 is 1.04. The highest BCUT2D eigenvalue weighted by Gasteiger charge is 2.14. The van der Waals surface area contributed by atoms with E-state index in [1.807, 2.05) is 79.9 Å². The van der Waals surface area contributed by atoms with Gasteiger partial charge >= 0.3 is 0 Å². The van der Waals surface area contributed by atoms with Gasteiger partial charge in [0.1, 0.15) is 5.01 Å². The second kappa shape index (κ2) is 9.73. The molecule has 0 aliphatic carbocycles. The molecular formula is C25H21N3OS2. The number of thiazole rings is 1. The zero-order chi connectivity index (χ0) is 21.6. The summed E-state index contributed by atoms with van der Waals surface area (Å²) in [7, 11) is 0. The summed E-state index contributed by atoms with van der Waals surface area (Å²) in [5.74, 6) is -0.144. The lowest BCUT2D eigenvalue weighted by Gasteiger charge is -2.11. The van der Waals surface area contributed by atoms with Gasteiger partial charge in [0.2, 0.25) is 0 Å². The Morgan fingerprint density at radius 3 is 2.77 bits per heavy atom. The van der Waals surface area contributed by atoms with Gasteiger partial charge in [0.05, 0.1) is 15.1 Å². The molecular weight excluding hydrogens is 422 g/mol. The van der Waals surface area contributed by atoms with E-state index in [-0.39, 0.29) is 5.91 Å². The van der Waals surface area contributed by atoms with Gasteiger partial charge in [0.25, 0.3) is 5.91 Å². The van der Waals surface area contributed by atoms with Gasteiger partial charge in [-0.25, -0.2) is 4.98 Å². The molecule has 1 amide bonds. The van der Waals surface area contributed by atoms with Gasteiger partial charge in [-0.2, -0.15) is 0 Å². The number of thioether (sulfide) groups is 1. The lowest BCUT2D eigenvalue weighted by Crippen LogP contribution is -2.12. The summed E-state index contributed by atoms with van der Waals surface area (Å²) in [4.78, 5) is 23.3. The van der Waals surface area contributed by atoms with E-state index in [2.05, 4.69) is 21.9 Å². The fourth-order valence-corrected chi connectivity index (χ4v) is 4.85. The highest BCUT2D eigenvalue weighted by Crippen LogP contribution is 2.34. The third-order valence-electron chi connectivity index (χ3n) is 4.50. The molecule has 2 heterocycles. The van der Waals surface area contributed by atoms with E-state index in [0.717, 1.165) is 43.4 Å². The van der Waals surface area contributed by atoms with Gasteiger partial charge in [-0.1, -0.05) is 73.8 Å². The van der Waals surface area contributed by atoms with Gasteiger partial charge in [0, 0.05) is 28.5 Å². The minimum atomic E-state index is -0.144. The molecule has 0 atom stereocenters. The first-order valence-electron chi connectivity index (χ1n) is 9.88. The van der Waals surface area contributed by atoms with Crippen molar-refractivity contribution in [3.63, 3.8) is 0 Å². The molecule has 0 saturated heterocycles. The molecule has 0 fully saturated rings. The van der Waals surface area contributed by atoms with Crippen molar-refractivity contribution in [2.45, 2.75) is 13.3 Å². The number of hydrogen-bond acceptors (Lipinski definition) is 5. The largest absolute Gasteiger partial charge is 0.322 e. The lowest BCUT2D eigenvalue weighted by molar-refractivity contribution is -0.112. The van der Waals surface area contributed by atoms with Crippen LogP contribution in [0.4, 0.5) is 5.69 Å². The number of carbonyl (C=O) groups excluding carboxylic acids is 1. The van der Waals surface area contributed by atoms with E-state index in [1.165, 1.54) is 11.8 Å². The van der Waals surface area contributed by atoms with Gasteiger partial charge in [-0.3, -0.25) is 9.78 Å². The van der Waals surface area contributed by atoms with Gasteiger partial charge in [-0.05, 0) is 30.2 Å². The Labute approximate surface area is 189 Å². The molecule has 4 rings (SSSR count). The molecule has 0 unspecified atom stereocenters. The summed E-state index contributed by atoms with van der Waals surface area (Å²) in [6.07, 6.45) is 6.25. The van der Waals surface area contributed by atoms with Crippen molar-refractivity contribution in [3.05, 3.63) is 96.2 Å². The number of pyridine rings is 1.